The Labute approximate surface area is 132 Å². The molecule has 0 aliphatic carbocycles. The summed E-state index contributed by atoms with van der Waals surface area (Å²) in [6.45, 7) is 0. The largest absolute Gasteiger partial charge is 0.461 e. The van der Waals surface area contributed by atoms with Crippen LogP contribution < -0.4 is 0 Å². The zero-order chi connectivity index (χ0) is 15.6. The molecular weight excluding hydrogens is 322 g/mol. The molecule has 8 heteroatoms. The summed E-state index contributed by atoms with van der Waals surface area (Å²) >= 11 is 1.31. The minimum atomic E-state index is -3.53. The van der Waals surface area contributed by atoms with E-state index in [0.717, 1.165) is 15.9 Å². The molecule has 0 aliphatic heterocycles. The summed E-state index contributed by atoms with van der Waals surface area (Å²) in [5.41, 5.74) is 1.08. The van der Waals surface area contributed by atoms with E-state index in [1.165, 1.54) is 18.0 Å². The quantitative estimate of drug-likeness (QED) is 0.667. The lowest BCUT2D eigenvalue weighted by atomic mass is 10.2. The normalized spacial score (nSPS) is 11.7. The molecule has 22 heavy (non-hydrogen) atoms. The van der Waals surface area contributed by atoms with Gasteiger partial charge in [0.2, 0.25) is 11.0 Å². The first kappa shape index (κ1) is 14.9. The fraction of sp³-hybridized carbons (Fsp3) is 0.143. The van der Waals surface area contributed by atoms with Gasteiger partial charge in [-0.3, -0.25) is 0 Å². The predicted molar refractivity (Wildman–Crippen MR) is 84.0 cm³/mol. The third-order valence-electron chi connectivity index (χ3n) is 2.82. The van der Waals surface area contributed by atoms with Crippen molar-refractivity contribution in [1.29, 1.82) is 0 Å². The highest BCUT2D eigenvalue weighted by molar-refractivity contribution is 7.99. The lowest BCUT2D eigenvalue weighted by molar-refractivity contribution is 0.574. The fourth-order valence-corrected chi connectivity index (χ4v) is 3.73. The molecule has 3 aromatic rings. The van der Waals surface area contributed by atoms with Crippen LogP contribution in [0.2, 0.25) is 0 Å². The van der Waals surface area contributed by atoms with Gasteiger partial charge in [0.1, 0.15) is 0 Å². The van der Waals surface area contributed by atoms with Gasteiger partial charge in [0.25, 0.3) is 10.0 Å². The highest BCUT2D eigenvalue weighted by atomic mass is 32.2. The van der Waals surface area contributed by atoms with Crippen LogP contribution in [0.25, 0.3) is 11.6 Å². The topological polar surface area (TPSA) is 78.0 Å². The van der Waals surface area contributed by atoms with Crippen molar-refractivity contribution < 1.29 is 12.8 Å². The molecule has 0 aliphatic rings. The third-order valence-corrected chi connectivity index (χ3v) is 4.82. The van der Waals surface area contributed by atoms with Crippen LogP contribution in [0.4, 0.5) is 0 Å². The molecule has 6 nitrogen and oxygen atoms in total. The predicted octanol–water partition coefficient (Wildman–Crippen LogP) is 2.64. The average Bonchev–Trinajstić information content (AvgIpc) is 3.14. The molecular formula is C14H13N3O3S2. The first-order chi connectivity index (χ1) is 10.5. The molecule has 0 unspecified atom stereocenters. The maximum atomic E-state index is 11.9. The summed E-state index contributed by atoms with van der Waals surface area (Å²) in [5, 5.41) is 4.36. The van der Waals surface area contributed by atoms with Crippen LogP contribution in [0.3, 0.4) is 0 Å². The van der Waals surface area contributed by atoms with Crippen LogP contribution in [0.1, 0.15) is 5.56 Å². The second kappa shape index (κ2) is 5.98. The molecule has 3 rings (SSSR count). The van der Waals surface area contributed by atoms with E-state index in [1.54, 1.807) is 12.1 Å². The highest BCUT2D eigenvalue weighted by Crippen LogP contribution is 2.25. The van der Waals surface area contributed by atoms with E-state index in [2.05, 4.69) is 10.1 Å². The molecule has 0 spiro atoms. The Hall–Kier alpha value is -2.06. The van der Waals surface area contributed by atoms with Gasteiger partial charge >= 0.3 is 0 Å². The van der Waals surface area contributed by atoms with Crippen molar-refractivity contribution in [1.82, 2.24) is 14.2 Å². The molecule has 0 bridgehead atoms. The molecule has 114 valence electrons. The van der Waals surface area contributed by atoms with E-state index in [9.17, 15) is 8.42 Å². The molecule has 0 amide bonds. The van der Waals surface area contributed by atoms with Gasteiger partial charge in [-0.05, 0) is 17.7 Å². The third kappa shape index (κ3) is 3.23. The van der Waals surface area contributed by atoms with Crippen LogP contribution >= 0.6 is 11.8 Å². The van der Waals surface area contributed by atoms with E-state index in [1.807, 2.05) is 30.3 Å². The zero-order valence-electron chi connectivity index (χ0n) is 11.7. The van der Waals surface area contributed by atoms with Gasteiger partial charge in [0, 0.05) is 5.75 Å². The monoisotopic (exact) mass is 335 g/mol. The summed E-state index contributed by atoms with van der Waals surface area (Å²) < 4.78 is 29.9. The smallest absolute Gasteiger partial charge is 0.253 e. The second-order valence-corrected chi connectivity index (χ2v) is 7.33. The minimum absolute atomic E-state index is 0.256. The molecule has 0 N–H and O–H groups in total. The Morgan fingerprint density at radius 2 is 1.95 bits per heavy atom. The van der Waals surface area contributed by atoms with Gasteiger partial charge < -0.3 is 4.42 Å². The lowest BCUT2D eigenvalue weighted by Gasteiger charge is -2.02. The van der Waals surface area contributed by atoms with E-state index >= 15 is 0 Å². The van der Waals surface area contributed by atoms with Crippen LogP contribution in [0.15, 0.2) is 58.3 Å². The lowest BCUT2D eigenvalue weighted by Crippen LogP contribution is -2.13. The number of benzene rings is 1. The van der Waals surface area contributed by atoms with Crippen molar-refractivity contribution in [3.05, 3.63) is 54.3 Å². The summed E-state index contributed by atoms with van der Waals surface area (Å²) in [7, 11) is -3.53. The van der Waals surface area contributed by atoms with Crippen molar-refractivity contribution in [3.8, 4) is 11.6 Å². The van der Waals surface area contributed by atoms with E-state index in [4.69, 9.17) is 4.42 Å². The fourth-order valence-electron chi connectivity index (χ4n) is 1.82. The van der Waals surface area contributed by atoms with Gasteiger partial charge in [-0.25, -0.2) is 8.42 Å². The van der Waals surface area contributed by atoms with E-state index < -0.39 is 10.0 Å². The van der Waals surface area contributed by atoms with E-state index in [-0.39, 0.29) is 5.82 Å². The van der Waals surface area contributed by atoms with Gasteiger partial charge in [-0.15, -0.1) is 9.19 Å². The Morgan fingerprint density at radius 1 is 1.18 bits per heavy atom. The van der Waals surface area contributed by atoms with Crippen molar-refractivity contribution in [3.63, 3.8) is 0 Å². The van der Waals surface area contributed by atoms with Crippen molar-refractivity contribution in [2.24, 2.45) is 0 Å². The Bertz CT molecular complexity index is 856. The second-order valence-electron chi connectivity index (χ2n) is 4.58. The summed E-state index contributed by atoms with van der Waals surface area (Å²) in [6, 6.07) is 13.1. The average molecular weight is 335 g/mol. The summed E-state index contributed by atoms with van der Waals surface area (Å²) in [5.74, 6) is 1.29. The molecule has 0 atom stereocenters. The van der Waals surface area contributed by atoms with Crippen LogP contribution in [0, 0.1) is 0 Å². The van der Waals surface area contributed by atoms with Crippen LogP contribution in [-0.4, -0.2) is 28.8 Å². The molecule has 0 saturated carbocycles. The molecule has 0 saturated heterocycles. The minimum Gasteiger partial charge on any atom is -0.461 e. The maximum Gasteiger partial charge on any atom is 0.253 e. The standard InChI is InChI=1S/C14H13N3O3S2/c1-22(18,19)17-14(21-10-11-6-3-2-4-7-11)15-13(16-17)12-8-5-9-20-12/h2-9H,10H2,1H3. The van der Waals surface area contributed by atoms with Gasteiger partial charge in [-0.2, -0.15) is 4.98 Å². The van der Waals surface area contributed by atoms with Gasteiger partial charge in [0.05, 0.1) is 12.5 Å². The first-order valence-electron chi connectivity index (χ1n) is 6.42. The number of rotatable bonds is 5. The zero-order valence-corrected chi connectivity index (χ0v) is 13.3. The molecule has 1 aromatic carbocycles. The van der Waals surface area contributed by atoms with Crippen LogP contribution in [0.5, 0.6) is 0 Å². The van der Waals surface area contributed by atoms with Crippen molar-refractivity contribution >= 4 is 21.8 Å². The Kier molecular flexibility index (Phi) is 4.04. The van der Waals surface area contributed by atoms with Crippen LogP contribution in [-0.2, 0) is 15.8 Å². The number of hydrogen-bond donors (Lipinski definition) is 0. The number of thioether (sulfide) groups is 1. The van der Waals surface area contributed by atoms with E-state index in [0.29, 0.717) is 16.7 Å². The molecule has 0 radical (unpaired) electrons. The number of aromatic nitrogens is 3. The number of hydrogen-bond acceptors (Lipinski definition) is 6. The molecule has 2 aromatic heterocycles. The first-order valence-corrected chi connectivity index (χ1v) is 9.25. The summed E-state index contributed by atoms with van der Waals surface area (Å²) in [6.07, 6.45) is 2.59. The van der Waals surface area contributed by atoms with Gasteiger partial charge in [0.15, 0.2) is 5.76 Å². The summed E-state index contributed by atoms with van der Waals surface area (Å²) in [4.78, 5) is 4.28. The van der Waals surface area contributed by atoms with Gasteiger partial charge in [-0.1, -0.05) is 42.1 Å². The number of furan rings is 1. The Morgan fingerprint density at radius 3 is 2.59 bits per heavy atom. The molecule has 2 heterocycles. The van der Waals surface area contributed by atoms with Crippen molar-refractivity contribution in [2.75, 3.05) is 6.26 Å². The number of nitrogens with zero attached hydrogens (tertiary/aromatic N) is 3. The SMILES string of the molecule is CS(=O)(=O)n1nc(-c2ccco2)nc1SCc1ccccc1. The Balaban J connectivity index is 1.92. The molecule has 0 fully saturated rings. The van der Waals surface area contributed by atoms with Crippen molar-refractivity contribution in [2.45, 2.75) is 10.9 Å². The maximum absolute atomic E-state index is 11.9. The highest BCUT2D eigenvalue weighted by Gasteiger charge is 2.20.